The summed E-state index contributed by atoms with van der Waals surface area (Å²) in [5.41, 5.74) is 0. The van der Waals surface area contributed by atoms with Crippen molar-refractivity contribution in [1.82, 2.24) is 0 Å². The standard InChI is InChI=1S/9Ba. The summed E-state index contributed by atoms with van der Waals surface area (Å²) in [6.45, 7) is 0. The molecular weight excluding hydrogens is 1240 g/mol. The monoisotopic (exact) mass is 1240 g/mol. The third-order valence-electron chi connectivity index (χ3n) is 1.50. The molecule has 0 fully saturated rings. The first-order chi connectivity index (χ1) is 4.41. The third kappa shape index (κ3) is 22.1. The van der Waals surface area contributed by atoms with Crippen molar-refractivity contribution in [2.24, 2.45) is 0 Å². The molecule has 0 bridgehead atoms. The summed E-state index contributed by atoms with van der Waals surface area (Å²) >= 11 is 6.72. The zero-order chi connectivity index (χ0) is 6.95. The Bertz CT molecular complexity index is 33.3. The van der Waals surface area contributed by atoms with Gasteiger partial charge in [0, 0.05) is 0 Å². The van der Waals surface area contributed by atoms with Gasteiger partial charge in [-0.05, 0) is 0 Å². The molecule has 0 unspecified atom stereocenters. The van der Waals surface area contributed by atoms with E-state index in [1.807, 2.05) is 0 Å². The summed E-state index contributed by atoms with van der Waals surface area (Å²) in [6, 6.07) is 0. The molecule has 0 aromatic carbocycles. The fourth-order valence-electron chi connectivity index (χ4n) is 0.884. The van der Waals surface area contributed by atoms with Crippen LogP contribution in [0.2, 0.25) is 0 Å². The minimum absolute atomic E-state index is 0.449. The molecule has 0 aliphatic heterocycles. The summed E-state index contributed by atoms with van der Waals surface area (Å²) in [6.07, 6.45) is 0. The van der Waals surface area contributed by atoms with Crippen molar-refractivity contribution in [3.05, 3.63) is 0 Å². The maximum absolute atomic E-state index is 1.54. The van der Waals surface area contributed by atoms with Gasteiger partial charge in [0.05, 0.1) is 0 Å². The van der Waals surface area contributed by atoms with E-state index < -0.39 is 0 Å². The molecule has 9 heteroatoms. The van der Waals surface area contributed by atoms with E-state index in [9.17, 15) is 0 Å². The van der Waals surface area contributed by atoms with Gasteiger partial charge in [-0.15, -0.1) is 0 Å². The zero-order valence-corrected chi connectivity index (χ0v) is 46.3. The molecular formula is Ba9. The fourth-order valence-corrected chi connectivity index (χ4v) is 18100. The normalized spacial score (nSPS) is 3.33. The minimum atomic E-state index is 0.449. The van der Waals surface area contributed by atoms with E-state index in [1.165, 1.54) is 0 Å². The van der Waals surface area contributed by atoms with Gasteiger partial charge in [-0.25, -0.2) is 0 Å². The van der Waals surface area contributed by atoms with Crippen molar-refractivity contribution in [1.29, 1.82) is 0 Å². The van der Waals surface area contributed by atoms with E-state index in [0.717, 1.165) is 0 Å². The number of rotatable bonds is 6. The number of hydrogen-bond donors (Lipinski definition) is 0. The molecule has 0 atom stereocenters. The Balaban J connectivity index is 2.60. The molecule has 0 amide bonds. The van der Waals surface area contributed by atoms with Crippen molar-refractivity contribution < 1.29 is 0 Å². The van der Waals surface area contributed by atoms with Crippen LogP contribution in [-0.2, 0) is 0 Å². The van der Waals surface area contributed by atoms with Crippen molar-refractivity contribution in [2.75, 3.05) is 0 Å². The van der Waals surface area contributed by atoms with Crippen LogP contribution in [0.15, 0.2) is 0 Å². The molecule has 0 saturated carbocycles. The molecule has 0 N–H and O–H groups in total. The van der Waals surface area contributed by atoms with Gasteiger partial charge in [-0.3, -0.25) is 0 Å². The predicted molar refractivity (Wildman–Crippen MR) is 51.8 cm³/mol. The molecule has 0 aromatic rings. The number of hydrogen-bond acceptors (Lipinski definition) is 0. The second kappa shape index (κ2) is 22.1. The molecule has 0 saturated heterocycles. The van der Waals surface area contributed by atoms with Gasteiger partial charge >= 0.3 is 148 Å². The van der Waals surface area contributed by atoms with Crippen LogP contribution in [0, 0.1) is 0 Å². The fraction of sp³-hybridized carbons (Fsp3) is 0. The Morgan fingerprint density at radius 1 is 0.556 bits per heavy atom. The average Bonchev–Trinajstić information content (AvgIpc) is 1.89. The van der Waals surface area contributed by atoms with Gasteiger partial charge in [-0.2, -0.15) is 0 Å². The van der Waals surface area contributed by atoms with Crippen LogP contribution >= 0.6 is 0 Å². The van der Waals surface area contributed by atoms with Gasteiger partial charge in [0.1, 0.15) is 0 Å². The van der Waals surface area contributed by atoms with Crippen molar-refractivity contribution in [3.8, 4) is 0 Å². The van der Waals surface area contributed by atoms with Gasteiger partial charge in [-0.1, -0.05) is 0 Å². The SMILES string of the molecule is [Ba][Ba][Ba][Ba][Ba][Ba][Ba][Ba][Ba]. The molecule has 0 rings (SSSR count). The Hall–Kier alpha value is 14.1. The predicted octanol–water partition coefficient (Wildman–Crippen LogP) is -3.43. The van der Waals surface area contributed by atoms with Gasteiger partial charge in [0.25, 0.3) is 0 Å². The van der Waals surface area contributed by atoms with E-state index in [-0.39, 0.29) is 0 Å². The van der Waals surface area contributed by atoms with E-state index in [4.69, 9.17) is 0 Å². The Morgan fingerprint density at radius 3 is 1.22 bits per heavy atom. The van der Waals surface area contributed by atoms with Crippen molar-refractivity contribution in [2.45, 2.75) is 0 Å². The summed E-state index contributed by atoms with van der Waals surface area (Å²) in [5.74, 6) is 0. The first kappa shape index (κ1) is 23.1. The second-order valence-corrected chi connectivity index (χ2v) is 955. The summed E-state index contributed by atoms with van der Waals surface area (Å²) in [7, 11) is 0. The Morgan fingerprint density at radius 2 is 0.889 bits per heavy atom. The van der Waals surface area contributed by atoms with Crippen LogP contribution in [-0.4, -0.2) is 148 Å². The summed E-state index contributed by atoms with van der Waals surface area (Å²) < 4.78 is 0. The van der Waals surface area contributed by atoms with E-state index >= 15 is 0 Å². The van der Waals surface area contributed by atoms with Gasteiger partial charge in [0.2, 0.25) is 0 Å². The molecule has 0 aromatic heterocycles. The zero-order valence-electron chi connectivity index (χ0n) is 6.36. The van der Waals surface area contributed by atoms with Gasteiger partial charge < -0.3 is 0 Å². The van der Waals surface area contributed by atoms with Crippen LogP contribution in [0.3, 0.4) is 0 Å². The molecule has 0 aliphatic rings. The molecule has 0 aliphatic carbocycles. The van der Waals surface area contributed by atoms with Crippen LogP contribution in [0.1, 0.15) is 0 Å². The molecule has 2 radical (unpaired) electrons. The topological polar surface area (TPSA) is 0 Å². The van der Waals surface area contributed by atoms with Crippen molar-refractivity contribution in [3.63, 3.8) is 0 Å². The molecule has 9 heavy (non-hydrogen) atoms. The Kier molecular flexibility index (Phi) is 56.9. The average molecular weight is 1240 g/mol. The second-order valence-electron chi connectivity index (χ2n) is 2.47. The van der Waals surface area contributed by atoms with Crippen molar-refractivity contribution >= 4 is 148 Å². The first-order valence-electron chi connectivity index (χ1n) is 4.00. The van der Waals surface area contributed by atoms with E-state index in [2.05, 4.69) is 0 Å². The van der Waals surface area contributed by atoms with E-state index in [1.54, 1.807) is 61.3 Å². The Labute approximate surface area is 129 Å². The molecule has 18 valence electrons. The summed E-state index contributed by atoms with van der Waals surface area (Å²) in [4.78, 5) is 0. The summed E-state index contributed by atoms with van der Waals surface area (Å²) in [5, 5.41) is 0. The van der Waals surface area contributed by atoms with Gasteiger partial charge in [0.15, 0.2) is 0 Å². The van der Waals surface area contributed by atoms with Crippen LogP contribution in [0.25, 0.3) is 0 Å². The van der Waals surface area contributed by atoms with Crippen LogP contribution in [0.5, 0.6) is 0 Å². The van der Waals surface area contributed by atoms with E-state index in [0.29, 0.717) is 87.0 Å². The maximum atomic E-state index is 1.54. The quantitative estimate of drug-likeness (QED) is 0.193. The molecule has 0 nitrogen and oxygen atoms in total. The van der Waals surface area contributed by atoms with Crippen LogP contribution in [0.4, 0.5) is 0 Å². The molecule has 0 spiro atoms. The molecule has 0 heterocycles. The first-order valence-corrected chi connectivity index (χ1v) is 212. The third-order valence-corrected chi connectivity index (χ3v) is 4210. The van der Waals surface area contributed by atoms with Crippen LogP contribution < -0.4 is 0 Å².